The third-order valence-corrected chi connectivity index (χ3v) is 4.65. The summed E-state index contributed by atoms with van der Waals surface area (Å²) in [6, 6.07) is 3.86. The molecule has 0 aromatic carbocycles. The van der Waals surface area contributed by atoms with Crippen molar-refractivity contribution >= 4 is 23.2 Å². The summed E-state index contributed by atoms with van der Waals surface area (Å²) >= 11 is 1.47. The van der Waals surface area contributed by atoms with Crippen LogP contribution in [0.1, 0.15) is 43.3 Å². The first-order chi connectivity index (χ1) is 10.8. The molecule has 0 radical (unpaired) electrons. The SMILES string of the molecule is CN(CC(=O)c1cccs1)C[C@@H]1CCCN1C(=O)OC(C)(C)C. The summed E-state index contributed by atoms with van der Waals surface area (Å²) in [5, 5.41) is 1.91. The lowest BCUT2D eigenvalue weighted by Gasteiger charge is -2.30. The van der Waals surface area contributed by atoms with E-state index < -0.39 is 5.60 Å². The van der Waals surface area contributed by atoms with Gasteiger partial charge in [0.2, 0.25) is 0 Å². The summed E-state index contributed by atoms with van der Waals surface area (Å²) in [7, 11) is 1.93. The molecular weight excluding hydrogens is 312 g/mol. The molecule has 1 aliphatic heterocycles. The maximum absolute atomic E-state index is 12.3. The molecular formula is C17H26N2O3S. The topological polar surface area (TPSA) is 49.9 Å². The molecule has 0 unspecified atom stereocenters. The number of Topliss-reactive ketones (excluding diaryl/α,β-unsaturated/α-hetero) is 1. The van der Waals surface area contributed by atoms with Crippen LogP contribution in [0, 0.1) is 0 Å². The van der Waals surface area contributed by atoms with Gasteiger partial charge in [-0.2, -0.15) is 0 Å². The van der Waals surface area contributed by atoms with Crippen LogP contribution in [-0.2, 0) is 4.74 Å². The predicted molar refractivity (Wildman–Crippen MR) is 92.1 cm³/mol. The van der Waals surface area contributed by atoms with E-state index in [1.54, 1.807) is 4.90 Å². The maximum Gasteiger partial charge on any atom is 0.410 e. The van der Waals surface area contributed by atoms with Gasteiger partial charge in [0.25, 0.3) is 0 Å². The fraction of sp³-hybridized carbons (Fsp3) is 0.647. The van der Waals surface area contributed by atoms with Crippen LogP contribution in [0.3, 0.4) is 0 Å². The molecule has 1 aliphatic rings. The molecule has 1 saturated heterocycles. The summed E-state index contributed by atoms with van der Waals surface area (Å²) in [4.78, 5) is 29.0. The number of likely N-dealkylation sites (tertiary alicyclic amines) is 1. The molecule has 1 atom stereocenters. The fourth-order valence-electron chi connectivity index (χ4n) is 2.77. The second-order valence-corrected chi connectivity index (χ2v) is 8.01. The number of hydrogen-bond donors (Lipinski definition) is 0. The van der Waals surface area contributed by atoms with E-state index in [-0.39, 0.29) is 17.9 Å². The van der Waals surface area contributed by atoms with Gasteiger partial charge in [-0.3, -0.25) is 9.69 Å². The minimum absolute atomic E-state index is 0.117. The Morgan fingerprint density at radius 3 is 2.78 bits per heavy atom. The first-order valence-electron chi connectivity index (χ1n) is 8.01. The Labute approximate surface area is 142 Å². The summed E-state index contributed by atoms with van der Waals surface area (Å²) in [6.45, 7) is 7.42. The Balaban J connectivity index is 1.88. The highest BCUT2D eigenvalue weighted by molar-refractivity contribution is 7.12. The number of ketones is 1. The highest BCUT2D eigenvalue weighted by Crippen LogP contribution is 2.21. The quantitative estimate of drug-likeness (QED) is 0.773. The molecule has 0 bridgehead atoms. The van der Waals surface area contributed by atoms with E-state index in [1.807, 2.05) is 50.2 Å². The molecule has 2 rings (SSSR count). The first kappa shape index (κ1) is 17.9. The van der Waals surface area contributed by atoms with Crippen LogP contribution < -0.4 is 0 Å². The van der Waals surface area contributed by atoms with Gasteiger partial charge in [-0.15, -0.1) is 11.3 Å². The molecule has 1 fully saturated rings. The lowest BCUT2D eigenvalue weighted by atomic mass is 10.2. The van der Waals surface area contributed by atoms with Gasteiger partial charge in [0.1, 0.15) is 5.60 Å². The van der Waals surface area contributed by atoms with Crippen molar-refractivity contribution in [3.63, 3.8) is 0 Å². The lowest BCUT2D eigenvalue weighted by molar-refractivity contribution is 0.0205. The Bertz CT molecular complexity index is 537. The van der Waals surface area contributed by atoms with Crippen molar-refractivity contribution in [2.75, 3.05) is 26.7 Å². The number of nitrogens with zero attached hydrogens (tertiary/aromatic N) is 2. The van der Waals surface area contributed by atoms with Crippen LogP contribution in [0.4, 0.5) is 4.79 Å². The number of amides is 1. The van der Waals surface area contributed by atoms with Gasteiger partial charge in [0.15, 0.2) is 5.78 Å². The number of carbonyl (C=O) groups is 2. The minimum atomic E-state index is -0.481. The Hall–Kier alpha value is -1.40. The van der Waals surface area contributed by atoms with Crippen molar-refractivity contribution in [1.29, 1.82) is 0 Å². The van der Waals surface area contributed by atoms with E-state index >= 15 is 0 Å². The van der Waals surface area contributed by atoms with Crippen molar-refractivity contribution in [1.82, 2.24) is 9.80 Å². The van der Waals surface area contributed by atoms with E-state index in [0.717, 1.165) is 24.3 Å². The van der Waals surface area contributed by atoms with E-state index in [0.29, 0.717) is 13.1 Å². The van der Waals surface area contributed by atoms with Crippen molar-refractivity contribution in [2.24, 2.45) is 0 Å². The second-order valence-electron chi connectivity index (χ2n) is 7.07. The molecule has 1 aromatic heterocycles. The molecule has 0 saturated carbocycles. The molecule has 0 N–H and O–H groups in total. The molecule has 1 amide bonds. The highest BCUT2D eigenvalue weighted by atomic mass is 32.1. The zero-order valence-corrected chi connectivity index (χ0v) is 15.2. The molecule has 0 spiro atoms. The van der Waals surface area contributed by atoms with E-state index in [9.17, 15) is 9.59 Å². The Morgan fingerprint density at radius 2 is 2.17 bits per heavy atom. The average Bonchev–Trinajstić information content (AvgIpc) is 3.06. The van der Waals surface area contributed by atoms with E-state index in [4.69, 9.17) is 4.74 Å². The molecule has 1 aromatic rings. The van der Waals surface area contributed by atoms with E-state index in [1.165, 1.54) is 11.3 Å². The van der Waals surface area contributed by atoms with Gasteiger partial charge >= 0.3 is 6.09 Å². The average molecular weight is 338 g/mol. The van der Waals surface area contributed by atoms with Crippen molar-refractivity contribution in [2.45, 2.75) is 45.3 Å². The third kappa shape index (κ3) is 5.32. The number of thiophene rings is 1. The normalized spacial score (nSPS) is 18.5. The van der Waals surface area contributed by atoms with Crippen molar-refractivity contribution < 1.29 is 14.3 Å². The maximum atomic E-state index is 12.3. The van der Waals surface area contributed by atoms with Crippen LogP contribution in [-0.4, -0.2) is 60.0 Å². The summed E-state index contributed by atoms with van der Waals surface area (Å²) < 4.78 is 5.48. The van der Waals surface area contributed by atoms with Crippen molar-refractivity contribution in [3.8, 4) is 0 Å². The van der Waals surface area contributed by atoms with Crippen LogP contribution in [0.25, 0.3) is 0 Å². The van der Waals surface area contributed by atoms with Gasteiger partial charge in [0.05, 0.1) is 11.4 Å². The molecule has 128 valence electrons. The molecule has 5 nitrogen and oxygen atoms in total. The zero-order chi connectivity index (χ0) is 17.0. The number of likely N-dealkylation sites (N-methyl/N-ethyl adjacent to an activating group) is 1. The summed E-state index contributed by atoms with van der Waals surface area (Å²) in [5.74, 6) is 0.129. The molecule has 23 heavy (non-hydrogen) atoms. The summed E-state index contributed by atoms with van der Waals surface area (Å²) in [6.07, 6.45) is 1.69. The molecule has 6 heteroatoms. The third-order valence-electron chi connectivity index (χ3n) is 3.74. The van der Waals surface area contributed by atoms with Crippen LogP contribution in [0.5, 0.6) is 0 Å². The second kappa shape index (κ2) is 7.45. The molecule has 0 aliphatic carbocycles. The number of hydrogen-bond acceptors (Lipinski definition) is 5. The van der Waals surface area contributed by atoms with Crippen LogP contribution >= 0.6 is 11.3 Å². The fourth-order valence-corrected chi connectivity index (χ4v) is 3.43. The number of rotatable bonds is 5. The zero-order valence-electron chi connectivity index (χ0n) is 14.4. The minimum Gasteiger partial charge on any atom is -0.444 e. The van der Waals surface area contributed by atoms with Gasteiger partial charge in [-0.05, 0) is 52.1 Å². The predicted octanol–water partition coefficient (Wildman–Crippen LogP) is 3.26. The Morgan fingerprint density at radius 1 is 1.43 bits per heavy atom. The first-order valence-corrected chi connectivity index (χ1v) is 8.89. The monoisotopic (exact) mass is 338 g/mol. The standard InChI is InChI=1S/C17H26N2O3S/c1-17(2,3)22-16(21)19-9-5-7-13(19)11-18(4)12-14(20)15-8-6-10-23-15/h6,8,10,13H,5,7,9,11-12H2,1-4H3/t13-/m0/s1. The summed E-state index contributed by atoms with van der Waals surface area (Å²) in [5.41, 5.74) is -0.481. The Kier molecular flexibility index (Phi) is 5.81. The largest absolute Gasteiger partial charge is 0.444 e. The lowest BCUT2D eigenvalue weighted by Crippen LogP contribution is -2.45. The van der Waals surface area contributed by atoms with Gasteiger partial charge in [0, 0.05) is 19.1 Å². The van der Waals surface area contributed by atoms with Gasteiger partial charge < -0.3 is 9.64 Å². The van der Waals surface area contributed by atoms with E-state index in [2.05, 4.69) is 0 Å². The molecule has 2 heterocycles. The number of carbonyl (C=O) groups excluding carboxylic acids is 2. The van der Waals surface area contributed by atoms with Gasteiger partial charge in [-0.1, -0.05) is 6.07 Å². The smallest absolute Gasteiger partial charge is 0.410 e. The number of ether oxygens (including phenoxy) is 1. The van der Waals surface area contributed by atoms with Crippen LogP contribution in [0.2, 0.25) is 0 Å². The van der Waals surface area contributed by atoms with Crippen LogP contribution in [0.15, 0.2) is 17.5 Å². The van der Waals surface area contributed by atoms with Crippen molar-refractivity contribution in [3.05, 3.63) is 22.4 Å². The van der Waals surface area contributed by atoms with Gasteiger partial charge in [-0.25, -0.2) is 4.79 Å². The highest BCUT2D eigenvalue weighted by Gasteiger charge is 2.32.